The van der Waals surface area contributed by atoms with Gasteiger partial charge in [0.2, 0.25) is 0 Å². The Balaban J connectivity index is 1.27. The molecule has 7 heteroatoms. The predicted octanol–water partition coefficient (Wildman–Crippen LogP) is 7.46. The number of nitrogens with zero attached hydrogens (tertiary/aromatic N) is 1. The van der Waals surface area contributed by atoms with Gasteiger partial charge in [-0.15, -0.1) is 0 Å². The Morgan fingerprint density at radius 1 is 0.976 bits per heavy atom. The maximum absolute atomic E-state index is 14.4. The van der Waals surface area contributed by atoms with Crippen LogP contribution < -0.4 is 19.7 Å². The molecule has 1 N–H and O–H groups in total. The minimum Gasteiger partial charge on any atom is -0.494 e. The molecule has 42 heavy (non-hydrogen) atoms. The summed E-state index contributed by atoms with van der Waals surface area (Å²) in [5.41, 5.74) is 3.13. The van der Waals surface area contributed by atoms with Gasteiger partial charge in [0.05, 0.1) is 24.9 Å². The summed E-state index contributed by atoms with van der Waals surface area (Å²) in [7, 11) is 0. The molecule has 1 aliphatic rings. The normalized spacial score (nSPS) is 14.2. The molecule has 1 aliphatic heterocycles. The molecule has 214 valence electrons. The lowest BCUT2D eigenvalue weighted by Crippen LogP contribution is -2.37. The van der Waals surface area contributed by atoms with Crippen molar-refractivity contribution < 1.29 is 23.5 Å². The molecule has 6 nitrogen and oxygen atoms in total. The first-order valence-electron chi connectivity index (χ1n) is 14.1. The number of carbonyl (C=O) groups excluding carboxylic acids is 2. The molecule has 0 spiro atoms. The van der Waals surface area contributed by atoms with Crippen molar-refractivity contribution in [2.24, 2.45) is 0 Å². The van der Waals surface area contributed by atoms with Crippen LogP contribution in [0.4, 0.5) is 10.1 Å². The van der Waals surface area contributed by atoms with Crippen LogP contribution in [0.15, 0.2) is 103 Å². The SMILES string of the molecule is CCCCOc1ccc(C(C)NC(=O)c2ccc(/C=C3\Oc4ccccc4N(Cc4ccccc4F)C3=O)cc2)cc1. The van der Waals surface area contributed by atoms with Crippen LogP contribution in [-0.4, -0.2) is 18.4 Å². The zero-order chi connectivity index (χ0) is 29.5. The molecule has 0 aromatic heterocycles. The Hall–Kier alpha value is -4.91. The molecule has 1 heterocycles. The van der Waals surface area contributed by atoms with Gasteiger partial charge in [-0.1, -0.05) is 67.9 Å². The van der Waals surface area contributed by atoms with Gasteiger partial charge in [0.25, 0.3) is 11.8 Å². The van der Waals surface area contributed by atoms with Crippen molar-refractivity contribution in [2.75, 3.05) is 11.5 Å². The number of carbonyl (C=O) groups is 2. The van der Waals surface area contributed by atoms with Gasteiger partial charge >= 0.3 is 0 Å². The Kier molecular flexibility index (Phi) is 8.97. The fourth-order valence-electron chi connectivity index (χ4n) is 4.65. The molecule has 5 rings (SSSR count). The maximum Gasteiger partial charge on any atom is 0.294 e. The summed E-state index contributed by atoms with van der Waals surface area (Å²) in [4.78, 5) is 27.9. The van der Waals surface area contributed by atoms with E-state index in [4.69, 9.17) is 9.47 Å². The molecule has 4 aromatic rings. The number of halogens is 1. The molecule has 0 fully saturated rings. The largest absolute Gasteiger partial charge is 0.494 e. The standard InChI is InChI=1S/C35H33FN2O4/c1-3-4-21-41-29-19-17-26(18-20-29)24(2)37-34(39)27-15-13-25(14-16-27)22-33-35(40)38(23-28-9-5-6-10-30(28)36)31-11-7-8-12-32(31)42-33/h5-20,22,24H,3-4,21,23H2,1-2H3,(H,37,39)/b33-22-. The van der Waals surface area contributed by atoms with E-state index in [-0.39, 0.29) is 36.0 Å². The molecule has 0 bridgehead atoms. The number of para-hydroxylation sites is 2. The number of hydrogen-bond donors (Lipinski definition) is 1. The summed E-state index contributed by atoms with van der Waals surface area (Å²) in [5.74, 6) is 0.462. The van der Waals surface area contributed by atoms with Crippen LogP contribution >= 0.6 is 0 Å². The predicted molar refractivity (Wildman–Crippen MR) is 162 cm³/mol. The average molecular weight is 565 g/mol. The highest BCUT2D eigenvalue weighted by Gasteiger charge is 2.30. The highest BCUT2D eigenvalue weighted by Crippen LogP contribution is 2.36. The van der Waals surface area contributed by atoms with E-state index in [2.05, 4.69) is 12.2 Å². The minimum absolute atomic E-state index is 0.0646. The summed E-state index contributed by atoms with van der Waals surface area (Å²) in [6.07, 6.45) is 3.71. The highest BCUT2D eigenvalue weighted by molar-refractivity contribution is 6.09. The molecule has 0 saturated carbocycles. The van der Waals surface area contributed by atoms with Gasteiger partial charge in [-0.05, 0) is 73.0 Å². The monoisotopic (exact) mass is 564 g/mol. The molecular weight excluding hydrogens is 531 g/mol. The molecule has 4 aromatic carbocycles. The van der Waals surface area contributed by atoms with Crippen LogP contribution in [0.2, 0.25) is 0 Å². The van der Waals surface area contributed by atoms with Gasteiger partial charge < -0.3 is 14.8 Å². The van der Waals surface area contributed by atoms with Gasteiger partial charge in [0.1, 0.15) is 11.6 Å². The third kappa shape index (κ3) is 6.69. The van der Waals surface area contributed by atoms with E-state index < -0.39 is 0 Å². The van der Waals surface area contributed by atoms with Gasteiger partial charge in [0.15, 0.2) is 11.5 Å². The zero-order valence-electron chi connectivity index (χ0n) is 23.7. The number of amides is 2. The summed E-state index contributed by atoms with van der Waals surface area (Å²) >= 11 is 0. The first-order valence-corrected chi connectivity index (χ1v) is 14.1. The lowest BCUT2D eigenvalue weighted by molar-refractivity contribution is -0.117. The molecule has 0 radical (unpaired) electrons. The van der Waals surface area contributed by atoms with E-state index in [1.54, 1.807) is 66.7 Å². The quantitative estimate of drug-likeness (QED) is 0.160. The fraction of sp³-hybridized carbons (Fsp3) is 0.200. The molecular formula is C35H33FN2O4. The van der Waals surface area contributed by atoms with Gasteiger partial charge in [-0.3, -0.25) is 14.5 Å². The van der Waals surface area contributed by atoms with E-state index in [1.165, 1.54) is 11.0 Å². The van der Waals surface area contributed by atoms with Crippen molar-refractivity contribution in [1.82, 2.24) is 5.32 Å². The number of hydrogen-bond acceptors (Lipinski definition) is 4. The molecule has 0 aliphatic carbocycles. The van der Waals surface area contributed by atoms with Crippen molar-refractivity contribution >= 4 is 23.6 Å². The Morgan fingerprint density at radius 3 is 2.43 bits per heavy atom. The first kappa shape index (κ1) is 28.6. The number of benzene rings is 4. The lowest BCUT2D eigenvalue weighted by Gasteiger charge is -2.30. The van der Waals surface area contributed by atoms with Crippen LogP contribution in [0.3, 0.4) is 0 Å². The molecule has 0 saturated heterocycles. The van der Waals surface area contributed by atoms with E-state index in [0.29, 0.717) is 34.7 Å². The summed E-state index contributed by atoms with van der Waals surface area (Å²) in [6, 6.07) is 28.0. The molecule has 1 atom stereocenters. The van der Waals surface area contributed by atoms with Crippen LogP contribution in [0.25, 0.3) is 6.08 Å². The topological polar surface area (TPSA) is 67.9 Å². The number of nitrogens with one attached hydrogen (secondary N) is 1. The Bertz CT molecular complexity index is 1580. The second-order valence-corrected chi connectivity index (χ2v) is 10.1. The zero-order valence-corrected chi connectivity index (χ0v) is 23.7. The molecule has 1 unspecified atom stereocenters. The number of rotatable bonds is 10. The summed E-state index contributed by atoms with van der Waals surface area (Å²) < 4.78 is 26.1. The van der Waals surface area contributed by atoms with Crippen molar-refractivity contribution in [2.45, 2.75) is 39.3 Å². The van der Waals surface area contributed by atoms with Crippen LogP contribution in [0.5, 0.6) is 11.5 Å². The maximum atomic E-state index is 14.4. The van der Waals surface area contributed by atoms with E-state index in [1.807, 2.05) is 37.3 Å². The van der Waals surface area contributed by atoms with E-state index in [0.717, 1.165) is 24.2 Å². The number of anilines is 1. The van der Waals surface area contributed by atoms with E-state index in [9.17, 15) is 14.0 Å². The van der Waals surface area contributed by atoms with Crippen molar-refractivity contribution in [3.8, 4) is 11.5 Å². The number of fused-ring (bicyclic) bond motifs is 1. The number of ether oxygens (including phenoxy) is 2. The minimum atomic E-state index is -0.380. The summed E-state index contributed by atoms with van der Waals surface area (Å²) in [5, 5.41) is 3.03. The van der Waals surface area contributed by atoms with Gasteiger partial charge in [0, 0.05) is 11.1 Å². The van der Waals surface area contributed by atoms with Crippen molar-refractivity contribution in [1.29, 1.82) is 0 Å². The fourth-order valence-corrected chi connectivity index (χ4v) is 4.65. The second kappa shape index (κ2) is 13.2. The van der Waals surface area contributed by atoms with Crippen LogP contribution in [0, 0.1) is 5.82 Å². The Labute approximate surface area is 245 Å². The van der Waals surface area contributed by atoms with Crippen LogP contribution in [0.1, 0.15) is 59.8 Å². The average Bonchev–Trinajstić information content (AvgIpc) is 3.01. The van der Waals surface area contributed by atoms with Gasteiger partial charge in [-0.2, -0.15) is 0 Å². The van der Waals surface area contributed by atoms with Crippen molar-refractivity contribution in [3.63, 3.8) is 0 Å². The Morgan fingerprint density at radius 2 is 1.69 bits per heavy atom. The third-order valence-corrected chi connectivity index (χ3v) is 7.08. The van der Waals surface area contributed by atoms with Gasteiger partial charge in [-0.25, -0.2) is 4.39 Å². The smallest absolute Gasteiger partial charge is 0.294 e. The second-order valence-electron chi connectivity index (χ2n) is 10.1. The van der Waals surface area contributed by atoms with Crippen molar-refractivity contribution in [3.05, 3.63) is 131 Å². The third-order valence-electron chi connectivity index (χ3n) is 7.08. The number of unbranched alkanes of at least 4 members (excludes halogenated alkanes) is 1. The summed E-state index contributed by atoms with van der Waals surface area (Å²) in [6.45, 7) is 4.81. The highest BCUT2D eigenvalue weighted by atomic mass is 19.1. The first-order chi connectivity index (χ1) is 20.4. The molecule has 2 amide bonds. The lowest BCUT2D eigenvalue weighted by atomic mass is 10.1. The van der Waals surface area contributed by atoms with E-state index >= 15 is 0 Å². The van der Waals surface area contributed by atoms with Crippen LogP contribution in [-0.2, 0) is 11.3 Å².